The first-order chi connectivity index (χ1) is 8.83. The average Bonchev–Trinajstić information content (AvgIpc) is 2.32. The molecule has 0 aliphatic carbocycles. The van der Waals surface area contributed by atoms with Crippen LogP contribution in [0.5, 0.6) is 0 Å². The van der Waals surface area contributed by atoms with Gasteiger partial charge in [0.2, 0.25) is 0 Å². The number of hydrogen-bond donors (Lipinski definition) is 1. The van der Waals surface area contributed by atoms with Crippen molar-refractivity contribution in [3.05, 3.63) is 29.6 Å². The number of benzene rings is 1. The summed E-state index contributed by atoms with van der Waals surface area (Å²) in [5, 5.41) is 3.39. The summed E-state index contributed by atoms with van der Waals surface area (Å²) < 4.78 is 18.5. The predicted octanol–water partition coefficient (Wildman–Crippen LogP) is 2.80. The summed E-state index contributed by atoms with van der Waals surface area (Å²) in [5.74, 6) is -0.199. The van der Waals surface area contributed by atoms with Crippen LogP contribution >= 0.6 is 0 Å². The smallest absolute Gasteiger partial charge is 0.123 e. The summed E-state index contributed by atoms with van der Waals surface area (Å²) in [6, 6.07) is 4.92. The maximum Gasteiger partial charge on any atom is 0.123 e. The van der Waals surface area contributed by atoms with Gasteiger partial charge in [-0.1, -0.05) is 0 Å². The quantitative estimate of drug-likeness (QED) is 0.858. The van der Waals surface area contributed by atoms with Crippen LogP contribution < -0.4 is 10.2 Å². The molecule has 0 saturated heterocycles. The van der Waals surface area contributed by atoms with Gasteiger partial charge in [0.1, 0.15) is 5.82 Å². The van der Waals surface area contributed by atoms with Crippen molar-refractivity contribution in [1.82, 2.24) is 5.32 Å². The Hall–Kier alpha value is -1.13. The highest BCUT2D eigenvalue weighted by Gasteiger charge is 2.13. The minimum absolute atomic E-state index is 0.00862. The molecule has 0 heterocycles. The van der Waals surface area contributed by atoms with E-state index < -0.39 is 0 Å². The van der Waals surface area contributed by atoms with Gasteiger partial charge >= 0.3 is 0 Å². The summed E-state index contributed by atoms with van der Waals surface area (Å²) in [4.78, 5) is 2.09. The highest BCUT2D eigenvalue weighted by Crippen LogP contribution is 2.21. The number of halogens is 1. The standard InChI is InChI=1S/C15H25FN2O/c1-15(2,3)17-11-12-10-13(16)6-7-14(12)18(4)8-9-19-5/h6-7,10,17H,8-9,11H2,1-5H3. The SMILES string of the molecule is COCCN(C)c1ccc(F)cc1CNC(C)(C)C. The van der Waals surface area contributed by atoms with E-state index in [2.05, 4.69) is 31.0 Å². The molecule has 0 fully saturated rings. The van der Waals surface area contributed by atoms with E-state index in [4.69, 9.17) is 4.74 Å². The Bertz CT molecular complexity index is 402. The molecule has 0 aliphatic rings. The maximum absolute atomic E-state index is 13.4. The molecule has 19 heavy (non-hydrogen) atoms. The molecule has 0 aliphatic heterocycles. The van der Waals surface area contributed by atoms with Crippen molar-refractivity contribution in [1.29, 1.82) is 0 Å². The number of nitrogens with one attached hydrogen (secondary N) is 1. The van der Waals surface area contributed by atoms with Crippen molar-refractivity contribution >= 4 is 5.69 Å². The number of likely N-dealkylation sites (N-methyl/N-ethyl adjacent to an activating group) is 1. The fourth-order valence-electron chi connectivity index (χ4n) is 1.78. The number of rotatable bonds is 6. The fourth-order valence-corrected chi connectivity index (χ4v) is 1.78. The number of hydrogen-bond acceptors (Lipinski definition) is 3. The van der Waals surface area contributed by atoms with Gasteiger partial charge in [-0.25, -0.2) is 4.39 Å². The molecule has 0 saturated carbocycles. The van der Waals surface area contributed by atoms with Gasteiger partial charge in [-0.05, 0) is 44.5 Å². The third kappa shape index (κ3) is 5.57. The van der Waals surface area contributed by atoms with Crippen LogP contribution in [0.15, 0.2) is 18.2 Å². The second-order valence-electron chi connectivity index (χ2n) is 5.79. The van der Waals surface area contributed by atoms with Crippen molar-refractivity contribution < 1.29 is 9.13 Å². The van der Waals surface area contributed by atoms with E-state index in [9.17, 15) is 4.39 Å². The molecule has 1 rings (SSSR count). The summed E-state index contributed by atoms with van der Waals surface area (Å²) >= 11 is 0. The average molecular weight is 268 g/mol. The first-order valence-electron chi connectivity index (χ1n) is 6.57. The minimum Gasteiger partial charge on any atom is -0.383 e. The van der Waals surface area contributed by atoms with Gasteiger partial charge < -0.3 is 15.0 Å². The van der Waals surface area contributed by atoms with Gasteiger partial charge in [0.25, 0.3) is 0 Å². The van der Waals surface area contributed by atoms with Gasteiger partial charge in [0.15, 0.2) is 0 Å². The van der Waals surface area contributed by atoms with Crippen LogP contribution in [0.3, 0.4) is 0 Å². The van der Waals surface area contributed by atoms with Gasteiger partial charge in [-0.15, -0.1) is 0 Å². The van der Waals surface area contributed by atoms with E-state index in [1.165, 1.54) is 6.07 Å². The number of anilines is 1. The highest BCUT2D eigenvalue weighted by molar-refractivity contribution is 5.53. The van der Waals surface area contributed by atoms with E-state index in [-0.39, 0.29) is 11.4 Å². The Morgan fingerprint density at radius 3 is 2.58 bits per heavy atom. The zero-order valence-corrected chi connectivity index (χ0v) is 12.6. The van der Waals surface area contributed by atoms with E-state index in [0.717, 1.165) is 17.8 Å². The Kier molecular flexibility index (Phi) is 5.76. The Labute approximate surface area is 115 Å². The number of nitrogens with zero attached hydrogens (tertiary/aromatic N) is 1. The first kappa shape index (κ1) is 15.9. The van der Waals surface area contributed by atoms with Crippen molar-refractivity contribution in [3.8, 4) is 0 Å². The molecule has 0 radical (unpaired) electrons. The van der Waals surface area contributed by atoms with Crippen molar-refractivity contribution in [2.45, 2.75) is 32.9 Å². The van der Waals surface area contributed by atoms with Crippen LogP contribution in [0.25, 0.3) is 0 Å². The van der Waals surface area contributed by atoms with Crippen molar-refractivity contribution in [2.24, 2.45) is 0 Å². The molecular weight excluding hydrogens is 243 g/mol. The van der Waals surface area contributed by atoms with E-state index in [1.54, 1.807) is 13.2 Å². The molecule has 0 bridgehead atoms. The predicted molar refractivity (Wildman–Crippen MR) is 78.1 cm³/mol. The number of methoxy groups -OCH3 is 1. The van der Waals surface area contributed by atoms with Gasteiger partial charge in [0, 0.05) is 38.5 Å². The van der Waals surface area contributed by atoms with Crippen LogP contribution in [-0.2, 0) is 11.3 Å². The summed E-state index contributed by atoms with van der Waals surface area (Å²) in [5.41, 5.74) is 2.01. The van der Waals surface area contributed by atoms with Crippen molar-refractivity contribution in [3.63, 3.8) is 0 Å². The minimum atomic E-state index is -0.199. The zero-order chi connectivity index (χ0) is 14.5. The molecule has 4 heteroatoms. The molecule has 3 nitrogen and oxygen atoms in total. The molecule has 0 spiro atoms. The third-order valence-corrected chi connectivity index (χ3v) is 2.89. The lowest BCUT2D eigenvalue weighted by molar-refractivity contribution is 0.206. The Balaban J connectivity index is 2.85. The second kappa shape index (κ2) is 6.87. The molecular formula is C15H25FN2O. The molecule has 0 atom stereocenters. The molecule has 1 N–H and O–H groups in total. The Morgan fingerprint density at radius 1 is 1.32 bits per heavy atom. The molecule has 1 aromatic carbocycles. The highest BCUT2D eigenvalue weighted by atomic mass is 19.1. The fraction of sp³-hybridized carbons (Fsp3) is 0.600. The lowest BCUT2D eigenvalue weighted by Crippen LogP contribution is -2.35. The molecule has 0 unspecified atom stereocenters. The van der Waals surface area contributed by atoms with Gasteiger partial charge in [-0.3, -0.25) is 0 Å². The zero-order valence-electron chi connectivity index (χ0n) is 12.6. The normalized spacial score (nSPS) is 11.7. The van der Waals surface area contributed by atoms with Crippen LogP contribution in [0.2, 0.25) is 0 Å². The van der Waals surface area contributed by atoms with Gasteiger partial charge in [0.05, 0.1) is 6.61 Å². The topological polar surface area (TPSA) is 24.5 Å². The molecule has 0 amide bonds. The summed E-state index contributed by atoms with van der Waals surface area (Å²) in [6.07, 6.45) is 0. The van der Waals surface area contributed by atoms with E-state index in [1.807, 2.05) is 13.1 Å². The van der Waals surface area contributed by atoms with Crippen molar-refractivity contribution in [2.75, 3.05) is 32.2 Å². The Morgan fingerprint density at radius 2 is 2.00 bits per heavy atom. The lowest BCUT2D eigenvalue weighted by Gasteiger charge is -2.25. The lowest BCUT2D eigenvalue weighted by atomic mass is 10.1. The molecule has 1 aromatic rings. The summed E-state index contributed by atoms with van der Waals surface area (Å²) in [7, 11) is 3.67. The van der Waals surface area contributed by atoms with Crippen LogP contribution in [0.4, 0.5) is 10.1 Å². The first-order valence-corrected chi connectivity index (χ1v) is 6.57. The van der Waals surface area contributed by atoms with Crippen LogP contribution in [0, 0.1) is 5.82 Å². The third-order valence-electron chi connectivity index (χ3n) is 2.89. The number of ether oxygens (including phenoxy) is 1. The van der Waals surface area contributed by atoms with Crippen LogP contribution in [-0.4, -0.2) is 32.8 Å². The van der Waals surface area contributed by atoms with Crippen LogP contribution in [0.1, 0.15) is 26.3 Å². The molecule has 108 valence electrons. The maximum atomic E-state index is 13.4. The summed E-state index contributed by atoms with van der Waals surface area (Å²) in [6.45, 7) is 8.38. The largest absolute Gasteiger partial charge is 0.383 e. The monoisotopic (exact) mass is 268 g/mol. The van der Waals surface area contributed by atoms with E-state index >= 15 is 0 Å². The second-order valence-corrected chi connectivity index (χ2v) is 5.79. The molecule has 0 aromatic heterocycles. The van der Waals surface area contributed by atoms with Gasteiger partial charge in [-0.2, -0.15) is 0 Å². The van der Waals surface area contributed by atoms with E-state index in [0.29, 0.717) is 13.2 Å².